The Morgan fingerprint density at radius 3 is 2.63 bits per heavy atom. The third-order valence-electron chi connectivity index (χ3n) is 4.43. The van der Waals surface area contributed by atoms with Gasteiger partial charge in [0.15, 0.2) is 0 Å². The second kappa shape index (κ2) is 4.17. The van der Waals surface area contributed by atoms with E-state index < -0.39 is 0 Å². The summed E-state index contributed by atoms with van der Waals surface area (Å²) in [6.07, 6.45) is 0.676. The van der Waals surface area contributed by atoms with Crippen molar-refractivity contribution in [3.05, 3.63) is 30.3 Å². The number of benzene rings is 1. The summed E-state index contributed by atoms with van der Waals surface area (Å²) in [5.74, 6) is 1.11. The number of thioether (sulfide) groups is 1. The maximum Gasteiger partial charge on any atom is 0.227 e. The van der Waals surface area contributed by atoms with Crippen molar-refractivity contribution in [3.8, 4) is 5.75 Å². The van der Waals surface area contributed by atoms with E-state index in [1.807, 2.05) is 47.0 Å². The van der Waals surface area contributed by atoms with E-state index in [0.29, 0.717) is 18.4 Å². The van der Waals surface area contributed by atoms with Crippen LogP contribution in [-0.4, -0.2) is 33.1 Å². The Morgan fingerprint density at radius 2 is 2.00 bits per heavy atom. The predicted molar refractivity (Wildman–Crippen MR) is 77.3 cm³/mol. The first-order chi connectivity index (χ1) is 8.94. The van der Waals surface area contributed by atoms with Gasteiger partial charge in [0.05, 0.1) is 17.3 Å². The number of carbonyl (C=O) groups excluding carboxylic acids is 1. The van der Waals surface area contributed by atoms with Crippen molar-refractivity contribution >= 4 is 17.7 Å². The van der Waals surface area contributed by atoms with Crippen LogP contribution in [0.25, 0.3) is 0 Å². The molecular weight excluding hydrogens is 258 g/mol. The van der Waals surface area contributed by atoms with Crippen LogP contribution >= 0.6 is 11.8 Å². The molecule has 1 aromatic rings. The van der Waals surface area contributed by atoms with Crippen LogP contribution in [0.5, 0.6) is 5.75 Å². The average Bonchev–Trinajstić information content (AvgIpc) is 2.52. The van der Waals surface area contributed by atoms with Crippen LogP contribution in [-0.2, 0) is 4.79 Å². The van der Waals surface area contributed by atoms with Gasteiger partial charge in [-0.2, -0.15) is 0 Å². The highest BCUT2D eigenvalue weighted by Gasteiger charge is 2.63. The van der Waals surface area contributed by atoms with Crippen molar-refractivity contribution in [1.29, 1.82) is 0 Å². The molecular formula is C15H19NO2S. The molecule has 0 radical (unpaired) electrons. The monoisotopic (exact) mass is 277 g/mol. The molecule has 0 aliphatic carbocycles. The maximum absolute atomic E-state index is 11.9. The number of fused-ring (bicyclic) bond motifs is 1. The van der Waals surface area contributed by atoms with Crippen molar-refractivity contribution in [2.75, 3.05) is 6.61 Å². The first-order valence-electron chi connectivity index (χ1n) is 6.62. The lowest BCUT2D eigenvalue weighted by atomic mass is 9.84. The van der Waals surface area contributed by atoms with Gasteiger partial charge < -0.3 is 9.64 Å². The van der Waals surface area contributed by atoms with Crippen LogP contribution in [0.15, 0.2) is 30.3 Å². The molecule has 2 saturated heterocycles. The molecule has 2 heterocycles. The first kappa shape index (κ1) is 12.9. The number of amides is 1. The Bertz CT molecular complexity index is 502. The zero-order valence-electron chi connectivity index (χ0n) is 11.6. The third kappa shape index (κ3) is 1.84. The van der Waals surface area contributed by atoms with E-state index in [1.165, 1.54) is 0 Å². The molecule has 3 nitrogen and oxygen atoms in total. The van der Waals surface area contributed by atoms with Gasteiger partial charge in [-0.15, -0.1) is 11.8 Å². The highest BCUT2D eigenvalue weighted by atomic mass is 32.2. The van der Waals surface area contributed by atoms with E-state index in [4.69, 9.17) is 4.74 Å². The smallest absolute Gasteiger partial charge is 0.227 e. The quantitative estimate of drug-likeness (QED) is 0.796. The molecule has 0 N–H and O–H groups in total. The Hall–Kier alpha value is -1.16. The Morgan fingerprint density at radius 1 is 1.32 bits per heavy atom. The maximum atomic E-state index is 11.9. The fourth-order valence-electron chi connectivity index (χ4n) is 2.82. The van der Waals surface area contributed by atoms with Gasteiger partial charge in [0.2, 0.25) is 5.91 Å². The van der Waals surface area contributed by atoms with Crippen molar-refractivity contribution in [3.63, 3.8) is 0 Å². The van der Waals surface area contributed by atoms with E-state index in [-0.39, 0.29) is 16.2 Å². The van der Waals surface area contributed by atoms with Crippen molar-refractivity contribution in [1.82, 2.24) is 4.90 Å². The number of hydrogen-bond acceptors (Lipinski definition) is 3. The van der Waals surface area contributed by atoms with Crippen LogP contribution in [0.2, 0.25) is 0 Å². The summed E-state index contributed by atoms with van der Waals surface area (Å²) in [6, 6.07) is 9.80. The summed E-state index contributed by atoms with van der Waals surface area (Å²) in [6.45, 7) is 7.09. The lowest BCUT2D eigenvalue weighted by Gasteiger charge is -2.46. The van der Waals surface area contributed by atoms with Crippen LogP contribution in [0.4, 0.5) is 0 Å². The Kier molecular flexibility index (Phi) is 2.82. The van der Waals surface area contributed by atoms with E-state index >= 15 is 0 Å². The molecule has 102 valence electrons. The van der Waals surface area contributed by atoms with E-state index in [2.05, 4.69) is 20.8 Å². The topological polar surface area (TPSA) is 29.5 Å². The normalized spacial score (nSPS) is 31.8. The minimum absolute atomic E-state index is 0.0125. The number of carbonyl (C=O) groups is 1. The molecule has 2 aliphatic heterocycles. The molecule has 1 aromatic carbocycles. The lowest BCUT2D eigenvalue weighted by Crippen LogP contribution is -2.64. The molecule has 19 heavy (non-hydrogen) atoms. The van der Waals surface area contributed by atoms with Crippen molar-refractivity contribution in [2.24, 2.45) is 0 Å². The third-order valence-corrected chi connectivity index (χ3v) is 6.11. The molecule has 2 atom stereocenters. The van der Waals surface area contributed by atoms with E-state index in [9.17, 15) is 4.79 Å². The van der Waals surface area contributed by atoms with Gasteiger partial charge in [-0.3, -0.25) is 4.79 Å². The van der Waals surface area contributed by atoms with Crippen LogP contribution in [0, 0.1) is 0 Å². The van der Waals surface area contributed by atoms with Gasteiger partial charge in [-0.1, -0.05) is 18.2 Å². The summed E-state index contributed by atoms with van der Waals surface area (Å²) in [4.78, 5) is 13.9. The molecule has 2 fully saturated rings. The Labute approximate surface area is 118 Å². The van der Waals surface area contributed by atoms with Gasteiger partial charge in [-0.25, -0.2) is 0 Å². The summed E-state index contributed by atoms with van der Waals surface area (Å²) >= 11 is 1.89. The van der Waals surface area contributed by atoms with E-state index in [0.717, 1.165) is 5.75 Å². The fourth-order valence-corrected chi connectivity index (χ4v) is 4.59. The van der Waals surface area contributed by atoms with Gasteiger partial charge in [-0.05, 0) is 32.9 Å². The summed E-state index contributed by atoms with van der Waals surface area (Å²) in [5, 5.41) is 0.340. The molecule has 0 unspecified atom stereocenters. The summed E-state index contributed by atoms with van der Waals surface area (Å²) < 4.78 is 5.93. The van der Waals surface area contributed by atoms with E-state index in [1.54, 1.807) is 0 Å². The number of rotatable bonds is 3. The van der Waals surface area contributed by atoms with Gasteiger partial charge in [0.25, 0.3) is 0 Å². The minimum atomic E-state index is -0.243. The van der Waals surface area contributed by atoms with Crippen LogP contribution in [0.1, 0.15) is 27.2 Å². The van der Waals surface area contributed by atoms with Crippen molar-refractivity contribution in [2.45, 2.75) is 42.9 Å². The van der Waals surface area contributed by atoms with Gasteiger partial charge >= 0.3 is 0 Å². The molecule has 4 heteroatoms. The predicted octanol–water partition coefficient (Wildman–Crippen LogP) is 2.91. The number of para-hydroxylation sites is 1. The zero-order valence-corrected chi connectivity index (χ0v) is 12.4. The fraction of sp³-hybridized carbons (Fsp3) is 0.533. The first-order valence-corrected chi connectivity index (χ1v) is 7.50. The second-order valence-electron chi connectivity index (χ2n) is 5.93. The van der Waals surface area contributed by atoms with Crippen LogP contribution in [0.3, 0.4) is 0 Å². The highest BCUT2D eigenvalue weighted by molar-refractivity contribution is 8.01. The van der Waals surface area contributed by atoms with Crippen LogP contribution < -0.4 is 4.74 Å². The lowest BCUT2D eigenvalue weighted by molar-refractivity contribution is -0.151. The average molecular weight is 277 g/mol. The largest absolute Gasteiger partial charge is 0.491 e. The second-order valence-corrected chi connectivity index (χ2v) is 7.73. The highest BCUT2D eigenvalue weighted by Crippen LogP contribution is 2.56. The molecule has 1 amide bonds. The minimum Gasteiger partial charge on any atom is -0.491 e. The molecule has 0 saturated carbocycles. The number of hydrogen-bond donors (Lipinski definition) is 0. The number of β-lactam (4-membered cyclic amide) rings is 1. The molecule has 2 aliphatic rings. The Balaban J connectivity index is 1.79. The molecule has 0 spiro atoms. The zero-order chi connectivity index (χ0) is 13.7. The number of nitrogens with zero attached hydrogens (tertiary/aromatic N) is 1. The summed E-state index contributed by atoms with van der Waals surface area (Å²) in [5.41, 5.74) is -0.243. The van der Waals surface area contributed by atoms with Gasteiger partial charge in [0, 0.05) is 4.75 Å². The molecule has 0 bridgehead atoms. The van der Waals surface area contributed by atoms with Crippen molar-refractivity contribution < 1.29 is 9.53 Å². The molecule has 3 rings (SSSR count). The SMILES string of the molecule is CC1(C)S[C@@H]2CC(=O)N2[C@]1(C)COc1ccccc1. The standard InChI is InChI=1S/C15H19NO2S/c1-14(2)15(3,16-12(17)9-13(16)19-14)10-18-11-7-5-4-6-8-11/h4-8,13H,9-10H2,1-3H3/t13-,15-/m1/s1. The number of ether oxygens (including phenoxy) is 1. The summed E-state index contributed by atoms with van der Waals surface area (Å²) in [7, 11) is 0. The molecule has 0 aromatic heterocycles. The van der Waals surface area contributed by atoms with Gasteiger partial charge in [0.1, 0.15) is 12.4 Å².